The molecule has 6 heteroatoms. The van der Waals surface area contributed by atoms with Gasteiger partial charge in [0.05, 0.1) is 18.1 Å². The Labute approximate surface area is 89.2 Å². The summed E-state index contributed by atoms with van der Waals surface area (Å²) < 4.78 is 30.2. The van der Waals surface area contributed by atoms with Gasteiger partial charge in [-0.3, -0.25) is 4.79 Å². The molecule has 1 N–H and O–H groups in total. The van der Waals surface area contributed by atoms with Crippen LogP contribution in [0.3, 0.4) is 0 Å². The van der Waals surface area contributed by atoms with E-state index in [0.717, 1.165) is 12.1 Å². The summed E-state index contributed by atoms with van der Waals surface area (Å²) in [4.78, 5) is 17.6. The second-order valence-electron chi connectivity index (χ2n) is 3.22. The highest BCUT2D eigenvalue weighted by atomic mass is 19.2. The van der Waals surface area contributed by atoms with Crippen LogP contribution in [-0.4, -0.2) is 23.0 Å². The maximum Gasteiger partial charge on any atom is 0.313 e. The van der Waals surface area contributed by atoms with Gasteiger partial charge in [0.25, 0.3) is 0 Å². The van der Waals surface area contributed by atoms with E-state index < -0.39 is 17.6 Å². The predicted molar refractivity (Wildman–Crippen MR) is 51.7 cm³/mol. The fourth-order valence-electron chi connectivity index (χ4n) is 1.35. The molecule has 1 heterocycles. The average Bonchev–Trinajstić information content (AvgIpc) is 2.60. The summed E-state index contributed by atoms with van der Waals surface area (Å²) in [5, 5.41) is 0. The molecule has 0 spiro atoms. The third-order valence-electron chi connectivity index (χ3n) is 2.11. The van der Waals surface area contributed by atoms with E-state index >= 15 is 0 Å². The maximum atomic E-state index is 12.9. The SMILES string of the molecule is COC(=O)Cc1nc2cc(F)c(F)cc2[nH]1. The number of H-pyrrole nitrogens is 1. The molecular weight excluding hydrogens is 218 g/mol. The zero-order chi connectivity index (χ0) is 11.7. The van der Waals surface area contributed by atoms with Crippen LogP contribution in [0, 0.1) is 11.6 Å². The van der Waals surface area contributed by atoms with Crippen LogP contribution >= 0.6 is 0 Å². The van der Waals surface area contributed by atoms with E-state index in [9.17, 15) is 13.6 Å². The van der Waals surface area contributed by atoms with Crippen LogP contribution in [0.15, 0.2) is 12.1 Å². The normalized spacial score (nSPS) is 10.7. The van der Waals surface area contributed by atoms with Gasteiger partial charge in [-0.2, -0.15) is 0 Å². The van der Waals surface area contributed by atoms with Gasteiger partial charge in [0.15, 0.2) is 11.6 Å². The lowest BCUT2D eigenvalue weighted by molar-refractivity contribution is -0.139. The Hall–Kier alpha value is -1.98. The first-order valence-electron chi connectivity index (χ1n) is 4.50. The predicted octanol–water partition coefficient (Wildman–Crippen LogP) is 1.56. The molecule has 84 valence electrons. The van der Waals surface area contributed by atoms with Crippen molar-refractivity contribution in [1.82, 2.24) is 9.97 Å². The number of aromatic nitrogens is 2. The first kappa shape index (κ1) is 10.5. The van der Waals surface area contributed by atoms with Gasteiger partial charge in [0.1, 0.15) is 12.2 Å². The standard InChI is InChI=1S/C10H8F2N2O2/c1-16-10(15)4-9-13-7-2-5(11)6(12)3-8(7)14-9/h2-3H,4H2,1H3,(H,13,14). The highest BCUT2D eigenvalue weighted by Gasteiger charge is 2.11. The number of ether oxygens (including phenoxy) is 1. The number of hydrogen-bond donors (Lipinski definition) is 1. The first-order chi connectivity index (χ1) is 7.60. The Morgan fingerprint density at radius 3 is 2.81 bits per heavy atom. The number of halogens is 2. The number of imidazole rings is 1. The first-order valence-corrected chi connectivity index (χ1v) is 4.50. The molecule has 0 radical (unpaired) electrons. The molecule has 0 amide bonds. The number of carbonyl (C=O) groups is 1. The quantitative estimate of drug-likeness (QED) is 0.790. The molecule has 0 unspecified atom stereocenters. The van der Waals surface area contributed by atoms with E-state index in [4.69, 9.17) is 0 Å². The number of aromatic amines is 1. The number of rotatable bonds is 2. The van der Waals surface area contributed by atoms with Crippen molar-refractivity contribution in [3.63, 3.8) is 0 Å². The minimum Gasteiger partial charge on any atom is -0.469 e. The van der Waals surface area contributed by atoms with Gasteiger partial charge in [-0.05, 0) is 0 Å². The number of methoxy groups -OCH3 is 1. The fourth-order valence-corrected chi connectivity index (χ4v) is 1.35. The molecule has 16 heavy (non-hydrogen) atoms. The minimum absolute atomic E-state index is 0.0611. The van der Waals surface area contributed by atoms with E-state index in [1.165, 1.54) is 7.11 Å². The van der Waals surface area contributed by atoms with Crippen LogP contribution in [-0.2, 0) is 16.0 Å². The van der Waals surface area contributed by atoms with Crippen molar-refractivity contribution >= 4 is 17.0 Å². The average molecular weight is 226 g/mol. The van der Waals surface area contributed by atoms with E-state index in [0.29, 0.717) is 11.3 Å². The summed E-state index contributed by atoms with van der Waals surface area (Å²) in [6.07, 6.45) is -0.0611. The molecule has 0 aliphatic rings. The van der Waals surface area contributed by atoms with Gasteiger partial charge in [0, 0.05) is 12.1 Å². The lowest BCUT2D eigenvalue weighted by Gasteiger charge is -1.93. The summed E-state index contributed by atoms with van der Waals surface area (Å²) in [5.41, 5.74) is 0.621. The highest BCUT2D eigenvalue weighted by molar-refractivity contribution is 5.77. The van der Waals surface area contributed by atoms with Crippen molar-refractivity contribution in [2.75, 3.05) is 7.11 Å². The molecule has 2 rings (SSSR count). The van der Waals surface area contributed by atoms with Crippen molar-refractivity contribution < 1.29 is 18.3 Å². The Balaban J connectivity index is 2.40. The van der Waals surface area contributed by atoms with Crippen LogP contribution < -0.4 is 0 Å². The van der Waals surface area contributed by atoms with Crippen molar-refractivity contribution in [2.24, 2.45) is 0 Å². The van der Waals surface area contributed by atoms with Gasteiger partial charge in [-0.1, -0.05) is 0 Å². The molecule has 4 nitrogen and oxygen atoms in total. The number of esters is 1. The third kappa shape index (κ3) is 1.86. The summed E-state index contributed by atoms with van der Waals surface area (Å²) in [5.74, 6) is -2.09. The van der Waals surface area contributed by atoms with Gasteiger partial charge >= 0.3 is 5.97 Å². The molecule has 1 aromatic heterocycles. The number of nitrogens with zero attached hydrogens (tertiary/aromatic N) is 1. The largest absolute Gasteiger partial charge is 0.469 e. The summed E-state index contributed by atoms with van der Waals surface area (Å²) in [6, 6.07) is 1.97. The summed E-state index contributed by atoms with van der Waals surface area (Å²) >= 11 is 0. The lowest BCUT2D eigenvalue weighted by atomic mass is 10.3. The Morgan fingerprint density at radius 1 is 1.44 bits per heavy atom. The third-order valence-corrected chi connectivity index (χ3v) is 2.11. The highest BCUT2D eigenvalue weighted by Crippen LogP contribution is 2.16. The van der Waals surface area contributed by atoms with Crippen LogP contribution in [0.25, 0.3) is 11.0 Å². The van der Waals surface area contributed by atoms with Gasteiger partial charge in [0.2, 0.25) is 0 Å². The molecule has 0 fully saturated rings. The van der Waals surface area contributed by atoms with Gasteiger partial charge in [-0.25, -0.2) is 13.8 Å². The summed E-state index contributed by atoms with van der Waals surface area (Å²) in [6.45, 7) is 0. The zero-order valence-corrected chi connectivity index (χ0v) is 8.38. The monoisotopic (exact) mass is 226 g/mol. The smallest absolute Gasteiger partial charge is 0.313 e. The molecule has 0 saturated carbocycles. The van der Waals surface area contributed by atoms with Crippen molar-refractivity contribution in [3.8, 4) is 0 Å². The second kappa shape index (κ2) is 3.88. The fraction of sp³-hybridized carbons (Fsp3) is 0.200. The number of carbonyl (C=O) groups excluding carboxylic acids is 1. The number of benzene rings is 1. The molecule has 1 aromatic carbocycles. The maximum absolute atomic E-state index is 12.9. The van der Waals surface area contributed by atoms with E-state index in [-0.39, 0.29) is 11.9 Å². The minimum atomic E-state index is -0.969. The van der Waals surface area contributed by atoms with Crippen molar-refractivity contribution in [1.29, 1.82) is 0 Å². The molecule has 2 aromatic rings. The second-order valence-corrected chi connectivity index (χ2v) is 3.22. The zero-order valence-electron chi connectivity index (χ0n) is 8.38. The van der Waals surface area contributed by atoms with E-state index in [1.54, 1.807) is 0 Å². The Kier molecular flexibility index (Phi) is 2.55. The lowest BCUT2D eigenvalue weighted by Crippen LogP contribution is -2.05. The molecule has 0 atom stereocenters. The van der Waals surface area contributed by atoms with E-state index in [1.807, 2.05) is 0 Å². The topological polar surface area (TPSA) is 55.0 Å². The van der Waals surface area contributed by atoms with Crippen LogP contribution in [0.5, 0.6) is 0 Å². The van der Waals surface area contributed by atoms with Crippen molar-refractivity contribution in [2.45, 2.75) is 6.42 Å². The van der Waals surface area contributed by atoms with Gasteiger partial charge < -0.3 is 9.72 Å². The van der Waals surface area contributed by atoms with E-state index in [2.05, 4.69) is 14.7 Å². The van der Waals surface area contributed by atoms with Gasteiger partial charge in [-0.15, -0.1) is 0 Å². The molecule has 0 aliphatic carbocycles. The van der Waals surface area contributed by atoms with Crippen LogP contribution in [0.1, 0.15) is 5.82 Å². The number of hydrogen-bond acceptors (Lipinski definition) is 3. The summed E-state index contributed by atoms with van der Waals surface area (Å²) in [7, 11) is 1.25. The Bertz CT molecular complexity index is 512. The number of nitrogens with one attached hydrogen (secondary N) is 1. The Morgan fingerprint density at radius 2 is 2.12 bits per heavy atom. The van der Waals surface area contributed by atoms with Crippen LogP contribution in [0.4, 0.5) is 8.78 Å². The van der Waals surface area contributed by atoms with Crippen molar-refractivity contribution in [3.05, 3.63) is 29.6 Å². The molecular formula is C10H8F2N2O2. The number of fused-ring (bicyclic) bond motifs is 1. The molecule has 0 saturated heterocycles. The molecule has 0 aliphatic heterocycles. The van der Waals surface area contributed by atoms with Crippen LogP contribution in [0.2, 0.25) is 0 Å². The molecule has 0 bridgehead atoms.